The minimum atomic E-state index is -4.18. The van der Waals surface area contributed by atoms with Gasteiger partial charge in [-0.1, -0.05) is 6.07 Å². The zero-order valence-corrected chi connectivity index (χ0v) is 8.86. The van der Waals surface area contributed by atoms with Crippen LogP contribution in [0.5, 0.6) is 11.5 Å². The van der Waals surface area contributed by atoms with Crippen LogP contribution in [-0.4, -0.2) is 24.7 Å². The number of phenolic OH excluding ortho intramolecular Hbond substituents is 1. The smallest absolute Gasteiger partial charge is 0.273 e. The Morgan fingerprint density at radius 2 is 2.13 bits per heavy atom. The minimum Gasteiger partial charge on any atom is -0.504 e. The molecular formula is C9H11O5S. The fourth-order valence-corrected chi connectivity index (χ4v) is 1.54. The third-order valence-electron chi connectivity index (χ3n) is 1.57. The van der Waals surface area contributed by atoms with E-state index in [1.54, 1.807) is 6.92 Å². The maximum Gasteiger partial charge on any atom is 0.273 e. The summed E-state index contributed by atoms with van der Waals surface area (Å²) >= 11 is 0. The molecule has 0 fully saturated rings. The predicted octanol–water partition coefficient (Wildman–Crippen LogP) is 1.19. The molecule has 0 aliphatic heterocycles. The molecule has 6 heteroatoms. The molecule has 0 unspecified atom stereocenters. The van der Waals surface area contributed by atoms with E-state index in [0.717, 1.165) is 0 Å². The second-order valence-corrected chi connectivity index (χ2v) is 4.06. The van der Waals surface area contributed by atoms with Gasteiger partial charge in [-0.05, 0) is 24.6 Å². The number of phenols is 1. The van der Waals surface area contributed by atoms with Crippen LogP contribution in [0.25, 0.3) is 0 Å². The van der Waals surface area contributed by atoms with Crippen molar-refractivity contribution in [1.29, 1.82) is 0 Å². The summed E-state index contributed by atoms with van der Waals surface area (Å²) in [6.45, 7) is 2.08. The van der Waals surface area contributed by atoms with Gasteiger partial charge in [0.05, 0.1) is 6.61 Å². The number of aromatic hydroxyl groups is 1. The van der Waals surface area contributed by atoms with E-state index in [2.05, 4.69) is 0 Å². The first kappa shape index (κ1) is 11.8. The molecule has 0 spiro atoms. The summed E-state index contributed by atoms with van der Waals surface area (Å²) in [6, 6.07) is 3.97. The lowest BCUT2D eigenvalue weighted by molar-refractivity contribution is 0.318. The molecule has 0 bridgehead atoms. The fraction of sp³-hybridized carbons (Fsp3) is 0.222. The number of hydrogen-bond acceptors (Lipinski definition) is 4. The third-order valence-corrected chi connectivity index (χ3v) is 2.14. The average Bonchev–Trinajstić information content (AvgIpc) is 2.09. The molecule has 0 saturated carbocycles. The van der Waals surface area contributed by atoms with E-state index < -0.39 is 10.1 Å². The van der Waals surface area contributed by atoms with Crippen molar-refractivity contribution in [2.45, 2.75) is 6.92 Å². The lowest BCUT2D eigenvalue weighted by Gasteiger charge is -2.06. The Hall–Kier alpha value is -1.27. The van der Waals surface area contributed by atoms with Crippen LogP contribution in [0, 0.1) is 5.75 Å². The molecule has 0 amide bonds. The van der Waals surface area contributed by atoms with E-state index in [4.69, 9.17) is 9.29 Å². The fourth-order valence-electron chi connectivity index (χ4n) is 1.05. The predicted molar refractivity (Wildman–Crippen MR) is 54.2 cm³/mol. The first-order chi connectivity index (χ1) is 6.92. The van der Waals surface area contributed by atoms with Gasteiger partial charge in [-0.3, -0.25) is 4.55 Å². The second-order valence-electron chi connectivity index (χ2n) is 2.79. The molecule has 0 aliphatic carbocycles. The average molecular weight is 231 g/mol. The normalized spacial score (nSPS) is 11.3. The highest BCUT2D eigenvalue weighted by molar-refractivity contribution is 7.88. The van der Waals surface area contributed by atoms with Gasteiger partial charge < -0.3 is 9.84 Å². The standard InChI is InChI=1S/C9H11O5S/c1-2-14-9-5-7(3-4-8(9)10)6-15(11,12)13/h3-6,10H,2H2,1H3,(H,11,12,13). The summed E-state index contributed by atoms with van der Waals surface area (Å²) in [4.78, 5) is 0. The van der Waals surface area contributed by atoms with Gasteiger partial charge in [-0.15, -0.1) is 0 Å². The largest absolute Gasteiger partial charge is 0.504 e. The zero-order valence-electron chi connectivity index (χ0n) is 8.04. The Kier molecular flexibility index (Phi) is 3.54. The summed E-state index contributed by atoms with van der Waals surface area (Å²) in [5.41, 5.74) is 0.235. The molecule has 0 aliphatic rings. The molecule has 15 heavy (non-hydrogen) atoms. The van der Waals surface area contributed by atoms with Crippen LogP contribution in [0.2, 0.25) is 0 Å². The van der Waals surface area contributed by atoms with Gasteiger partial charge >= 0.3 is 0 Å². The van der Waals surface area contributed by atoms with Gasteiger partial charge in [0.2, 0.25) is 0 Å². The molecule has 1 aromatic carbocycles. The van der Waals surface area contributed by atoms with Crippen LogP contribution in [-0.2, 0) is 10.1 Å². The quantitative estimate of drug-likeness (QED) is 0.760. The van der Waals surface area contributed by atoms with E-state index >= 15 is 0 Å². The maximum atomic E-state index is 10.6. The summed E-state index contributed by atoms with van der Waals surface area (Å²) < 4.78 is 34.7. The summed E-state index contributed by atoms with van der Waals surface area (Å²) in [7, 11) is -4.18. The van der Waals surface area contributed by atoms with Crippen LogP contribution in [0.15, 0.2) is 18.2 Å². The van der Waals surface area contributed by atoms with E-state index in [9.17, 15) is 13.5 Å². The van der Waals surface area contributed by atoms with Crippen LogP contribution < -0.4 is 4.74 Å². The highest BCUT2D eigenvalue weighted by Gasteiger charge is 2.10. The van der Waals surface area contributed by atoms with Crippen molar-refractivity contribution in [2.24, 2.45) is 0 Å². The van der Waals surface area contributed by atoms with Crippen LogP contribution in [0.1, 0.15) is 12.5 Å². The molecule has 0 heterocycles. The van der Waals surface area contributed by atoms with Crippen molar-refractivity contribution in [3.8, 4) is 11.5 Å². The topological polar surface area (TPSA) is 83.8 Å². The maximum absolute atomic E-state index is 10.6. The molecule has 0 aromatic heterocycles. The van der Waals surface area contributed by atoms with Crippen molar-refractivity contribution >= 4 is 10.1 Å². The number of rotatable bonds is 4. The molecule has 1 aromatic rings. The van der Waals surface area contributed by atoms with Crippen LogP contribution in [0.3, 0.4) is 0 Å². The summed E-state index contributed by atoms with van der Waals surface area (Å²) in [6.07, 6.45) is 0. The van der Waals surface area contributed by atoms with Gasteiger partial charge in [-0.2, -0.15) is 8.42 Å². The number of hydrogen-bond donors (Lipinski definition) is 2. The lowest BCUT2D eigenvalue weighted by atomic mass is 10.2. The Balaban J connectivity index is 2.97. The van der Waals surface area contributed by atoms with E-state index in [1.807, 2.05) is 0 Å². The lowest BCUT2D eigenvalue weighted by Crippen LogP contribution is -1.99. The Labute approximate surface area is 88.1 Å². The molecule has 0 saturated heterocycles. The zero-order chi connectivity index (χ0) is 11.5. The van der Waals surface area contributed by atoms with Crippen molar-refractivity contribution in [2.75, 3.05) is 6.61 Å². The Morgan fingerprint density at radius 3 is 2.67 bits per heavy atom. The first-order valence-corrected chi connectivity index (χ1v) is 5.71. The first-order valence-electron chi connectivity index (χ1n) is 4.20. The van der Waals surface area contributed by atoms with Crippen molar-refractivity contribution in [3.05, 3.63) is 29.5 Å². The Morgan fingerprint density at radius 1 is 1.47 bits per heavy atom. The van der Waals surface area contributed by atoms with Gasteiger partial charge in [0, 0.05) is 0 Å². The summed E-state index contributed by atoms with van der Waals surface area (Å²) in [5, 5.41) is 9.31. The molecule has 1 radical (unpaired) electrons. The van der Waals surface area contributed by atoms with Gasteiger partial charge in [0.25, 0.3) is 10.1 Å². The van der Waals surface area contributed by atoms with Crippen LogP contribution >= 0.6 is 0 Å². The highest BCUT2D eigenvalue weighted by atomic mass is 32.2. The molecule has 1 rings (SSSR count). The Bertz CT molecular complexity index is 438. The monoisotopic (exact) mass is 231 g/mol. The molecular weight excluding hydrogens is 220 g/mol. The van der Waals surface area contributed by atoms with Crippen molar-refractivity contribution < 1.29 is 22.8 Å². The van der Waals surface area contributed by atoms with Crippen molar-refractivity contribution in [1.82, 2.24) is 0 Å². The molecule has 83 valence electrons. The molecule has 0 atom stereocenters. The van der Waals surface area contributed by atoms with E-state index in [0.29, 0.717) is 12.4 Å². The van der Waals surface area contributed by atoms with Gasteiger partial charge in [-0.25, -0.2) is 0 Å². The number of benzene rings is 1. The van der Waals surface area contributed by atoms with E-state index in [-0.39, 0.29) is 17.1 Å². The molecule has 5 nitrogen and oxygen atoms in total. The summed E-state index contributed by atoms with van der Waals surface area (Å²) in [5.74, 6) is 0.772. The second kappa shape index (κ2) is 4.50. The number of ether oxygens (including phenoxy) is 1. The molecule has 2 N–H and O–H groups in total. The highest BCUT2D eigenvalue weighted by Crippen LogP contribution is 2.27. The van der Waals surface area contributed by atoms with Gasteiger partial charge in [0.1, 0.15) is 5.75 Å². The SMILES string of the molecule is CCOc1cc([CH]S(=O)(=O)O)ccc1O. The minimum absolute atomic E-state index is 0.0793. The third kappa shape index (κ3) is 3.77. The van der Waals surface area contributed by atoms with Crippen molar-refractivity contribution in [3.63, 3.8) is 0 Å². The van der Waals surface area contributed by atoms with Crippen LogP contribution in [0.4, 0.5) is 0 Å². The van der Waals surface area contributed by atoms with E-state index in [1.165, 1.54) is 18.2 Å². The van der Waals surface area contributed by atoms with Gasteiger partial charge in [0.15, 0.2) is 11.5 Å².